The van der Waals surface area contributed by atoms with E-state index < -0.39 is 15.9 Å². The van der Waals surface area contributed by atoms with Crippen LogP contribution in [0.25, 0.3) is 11.1 Å². The van der Waals surface area contributed by atoms with Crippen LogP contribution in [0.3, 0.4) is 0 Å². The van der Waals surface area contributed by atoms with Gasteiger partial charge in [0.05, 0.1) is 21.2 Å². The Labute approximate surface area is 194 Å². The lowest BCUT2D eigenvalue weighted by atomic mass is 10.2. The van der Waals surface area contributed by atoms with Crippen molar-refractivity contribution < 1.29 is 17.6 Å². The molecule has 0 aliphatic heterocycles. The van der Waals surface area contributed by atoms with Gasteiger partial charge in [-0.2, -0.15) is 0 Å². The van der Waals surface area contributed by atoms with Crippen LogP contribution < -0.4 is 10.0 Å². The van der Waals surface area contributed by atoms with Crippen LogP contribution in [-0.4, -0.2) is 19.3 Å². The monoisotopic (exact) mass is 489 g/mol. The number of hydrogen-bond acceptors (Lipinski definition) is 5. The maximum atomic E-state index is 12.8. The zero-order chi connectivity index (χ0) is 23.0. The molecule has 0 aliphatic carbocycles. The summed E-state index contributed by atoms with van der Waals surface area (Å²) in [6.07, 6.45) is 0. The first-order chi connectivity index (χ1) is 15.1. The van der Waals surface area contributed by atoms with Gasteiger partial charge in [-0.1, -0.05) is 29.3 Å². The van der Waals surface area contributed by atoms with Crippen molar-refractivity contribution in [3.05, 3.63) is 81.7 Å². The number of benzene rings is 3. The van der Waals surface area contributed by atoms with Gasteiger partial charge in [0.25, 0.3) is 15.9 Å². The fourth-order valence-electron chi connectivity index (χ4n) is 3.03. The van der Waals surface area contributed by atoms with Crippen molar-refractivity contribution in [1.82, 2.24) is 4.98 Å². The molecule has 0 spiro atoms. The SMILES string of the molecule is Cc1nc2cc(NC(=O)c3cc(S(=O)(=O)Nc4ccc(C)c(Cl)c4)ccc3Cl)ccc2o1. The highest BCUT2D eigenvalue weighted by atomic mass is 35.5. The fourth-order valence-corrected chi connectivity index (χ4v) is 4.49. The summed E-state index contributed by atoms with van der Waals surface area (Å²) in [6, 6.07) is 13.7. The topological polar surface area (TPSA) is 101 Å². The molecule has 0 radical (unpaired) electrons. The normalized spacial score (nSPS) is 11.5. The molecule has 0 atom stereocenters. The number of amides is 1. The molecule has 0 bridgehead atoms. The number of aromatic nitrogens is 1. The molecule has 0 saturated heterocycles. The van der Waals surface area contributed by atoms with Crippen molar-refractivity contribution in [2.45, 2.75) is 18.7 Å². The van der Waals surface area contributed by atoms with Gasteiger partial charge in [-0.15, -0.1) is 0 Å². The van der Waals surface area contributed by atoms with Gasteiger partial charge in [-0.05, 0) is 61.0 Å². The predicted octanol–water partition coefficient (Wildman–Crippen LogP) is 5.80. The van der Waals surface area contributed by atoms with Crippen molar-refractivity contribution in [2.75, 3.05) is 10.0 Å². The van der Waals surface area contributed by atoms with Gasteiger partial charge in [0.2, 0.25) is 0 Å². The minimum absolute atomic E-state index is 0.00732. The van der Waals surface area contributed by atoms with E-state index in [2.05, 4.69) is 15.0 Å². The summed E-state index contributed by atoms with van der Waals surface area (Å²) in [7, 11) is -3.98. The van der Waals surface area contributed by atoms with Crippen molar-refractivity contribution >= 4 is 61.6 Å². The molecule has 164 valence electrons. The second-order valence-corrected chi connectivity index (χ2v) is 9.58. The Morgan fingerprint density at radius 2 is 1.69 bits per heavy atom. The highest BCUT2D eigenvalue weighted by Gasteiger charge is 2.20. The zero-order valence-corrected chi connectivity index (χ0v) is 19.3. The molecule has 4 aromatic rings. The van der Waals surface area contributed by atoms with Crippen molar-refractivity contribution in [3.8, 4) is 0 Å². The Morgan fingerprint density at radius 3 is 2.44 bits per heavy atom. The number of aryl methyl sites for hydroxylation is 2. The largest absolute Gasteiger partial charge is 0.441 e. The molecule has 1 heterocycles. The number of oxazole rings is 1. The Balaban J connectivity index is 1.60. The van der Waals surface area contributed by atoms with E-state index in [4.69, 9.17) is 27.6 Å². The van der Waals surface area contributed by atoms with E-state index in [9.17, 15) is 13.2 Å². The number of halogens is 2. The maximum Gasteiger partial charge on any atom is 0.261 e. The van der Waals surface area contributed by atoms with Crippen LogP contribution in [0.2, 0.25) is 10.0 Å². The fraction of sp³-hybridized carbons (Fsp3) is 0.0909. The number of rotatable bonds is 5. The first-order valence-corrected chi connectivity index (χ1v) is 11.6. The molecule has 0 aliphatic rings. The first kappa shape index (κ1) is 22.1. The summed E-state index contributed by atoms with van der Waals surface area (Å²) < 4.78 is 33.6. The number of sulfonamides is 1. The van der Waals surface area contributed by atoms with E-state index in [1.165, 1.54) is 24.3 Å². The smallest absolute Gasteiger partial charge is 0.261 e. The number of carbonyl (C=O) groups excluding carboxylic acids is 1. The standard InChI is InChI=1S/C22H17Cl2N3O4S/c1-12-3-4-15(9-19(12)24)27-32(29,30)16-6-7-18(23)17(11-16)22(28)26-14-5-8-21-20(10-14)25-13(2)31-21/h3-11,27H,1-2H3,(H,26,28). The number of nitrogens with one attached hydrogen (secondary N) is 2. The molecular weight excluding hydrogens is 473 g/mol. The minimum Gasteiger partial charge on any atom is -0.441 e. The Hall–Kier alpha value is -3.07. The van der Waals surface area contributed by atoms with E-state index in [-0.39, 0.29) is 15.5 Å². The second-order valence-electron chi connectivity index (χ2n) is 7.08. The van der Waals surface area contributed by atoms with Gasteiger partial charge in [-0.3, -0.25) is 9.52 Å². The molecule has 7 nitrogen and oxygen atoms in total. The number of carbonyl (C=O) groups is 1. The third-order valence-electron chi connectivity index (χ3n) is 4.67. The third-order valence-corrected chi connectivity index (χ3v) is 6.78. The molecule has 1 amide bonds. The molecule has 0 fully saturated rings. The van der Waals surface area contributed by atoms with Gasteiger partial charge < -0.3 is 9.73 Å². The number of hydrogen-bond donors (Lipinski definition) is 2. The highest BCUT2D eigenvalue weighted by Crippen LogP contribution is 2.26. The van der Waals surface area contributed by atoms with Crippen molar-refractivity contribution in [2.24, 2.45) is 0 Å². The summed E-state index contributed by atoms with van der Waals surface area (Å²) in [5.41, 5.74) is 2.77. The van der Waals surface area contributed by atoms with Crippen molar-refractivity contribution in [3.63, 3.8) is 0 Å². The molecule has 4 rings (SSSR count). The average molecular weight is 490 g/mol. The van der Waals surface area contributed by atoms with E-state index in [1.807, 2.05) is 6.92 Å². The van der Waals surface area contributed by atoms with Crippen LogP contribution in [0.15, 0.2) is 63.9 Å². The van der Waals surface area contributed by atoms with Gasteiger partial charge in [-0.25, -0.2) is 13.4 Å². The molecular formula is C22H17Cl2N3O4S. The molecule has 0 saturated carbocycles. The lowest BCUT2D eigenvalue weighted by Crippen LogP contribution is -2.16. The van der Waals surface area contributed by atoms with E-state index >= 15 is 0 Å². The van der Waals surface area contributed by atoms with Gasteiger partial charge in [0.1, 0.15) is 5.52 Å². The Morgan fingerprint density at radius 1 is 0.938 bits per heavy atom. The number of nitrogens with zero attached hydrogens (tertiary/aromatic N) is 1. The molecule has 2 N–H and O–H groups in total. The summed E-state index contributed by atoms with van der Waals surface area (Å²) in [5.74, 6) is -0.0585. The maximum absolute atomic E-state index is 12.8. The summed E-state index contributed by atoms with van der Waals surface area (Å²) in [5, 5.41) is 3.25. The molecule has 10 heteroatoms. The van der Waals surface area contributed by atoms with Gasteiger partial charge >= 0.3 is 0 Å². The Bertz CT molecular complexity index is 1470. The Kier molecular flexibility index (Phi) is 5.85. The van der Waals surface area contributed by atoms with E-state index in [0.29, 0.717) is 33.4 Å². The van der Waals surface area contributed by atoms with E-state index in [0.717, 1.165) is 5.56 Å². The molecule has 3 aromatic carbocycles. The van der Waals surface area contributed by atoms with Crippen molar-refractivity contribution in [1.29, 1.82) is 0 Å². The summed E-state index contributed by atoms with van der Waals surface area (Å²) >= 11 is 12.3. The van der Waals surface area contributed by atoms with Crippen LogP contribution in [0.1, 0.15) is 21.8 Å². The highest BCUT2D eigenvalue weighted by molar-refractivity contribution is 7.92. The van der Waals surface area contributed by atoms with Gasteiger partial charge in [0.15, 0.2) is 11.5 Å². The van der Waals surface area contributed by atoms with E-state index in [1.54, 1.807) is 37.3 Å². The quantitative estimate of drug-likeness (QED) is 0.368. The number of fused-ring (bicyclic) bond motifs is 1. The molecule has 32 heavy (non-hydrogen) atoms. The zero-order valence-electron chi connectivity index (χ0n) is 16.9. The first-order valence-electron chi connectivity index (χ1n) is 9.39. The lowest BCUT2D eigenvalue weighted by Gasteiger charge is -2.12. The average Bonchev–Trinajstić information content (AvgIpc) is 3.10. The minimum atomic E-state index is -3.98. The number of anilines is 2. The van der Waals surface area contributed by atoms with Crippen LogP contribution in [-0.2, 0) is 10.0 Å². The van der Waals surface area contributed by atoms with Crippen LogP contribution in [0, 0.1) is 13.8 Å². The lowest BCUT2D eigenvalue weighted by molar-refractivity contribution is 0.102. The van der Waals surface area contributed by atoms with Gasteiger partial charge in [0, 0.05) is 17.6 Å². The van der Waals surface area contributed by atoms with Crippen LogP contribution >= 0.6 is 23.2 Å². The summed E-state index contributed by atoms with van der Waals surface area (Å²) in [6.45, 7) is 3.54. The molecule has 1 aromatic heterocycles. The van der Waals surface area contributed by atoms with Crippen LogP contribution in [0.5, 0.6) is 0 Å². The molecule has 0 unspecified atom stereocenters. The summed E-state index contributed by atoms with van der Waals surface area (Å²) in [4.78, 5) is 16.9. The predicted molar refractivity (Wildman–Crippen MR) is 125 cm³/mol. The van der Waals surface area contributed by atoms with Crippen LogP contribution in [0.4, 0.5) is 11.4 Å². The second kappa shape index (κ2) is 8.46. The third kappa shape index (κ3) is 4.57.